The van der Waals surface area contributed by atoms with Crippen LogP contribution in [0.25, 0.3) is 0 Å². The lowest BCUT2D eigenvalue weighted by atomic mass is 10.0. The molecule has 0 bridgehead atoms. The van der Waals surface area contributed by atoms with E-state index in [0.717, 1.165) is 30.2 Å². The van der Waals surface area contributed by atoms with Gasteiger partial charge in [-0.15, -0.1) is 0 Å². The van der Waals surface area contributed by atoms with E-state index in [1.165, 1.54) is 5.56 Å². The van der Waals surface area contributed by atoms with Gasteiger partial charge >= 0.3 is 0 Å². The summed E-state index contributed by atoms with van der Waals surface area (Å²) in [5.74, 6) is 0.969. The van der Waals surface area contributed by atoms with E-state index in [0.29, 0.717) is 12.6 Å². The van der Waals surface area contributed by atoms with E-state index in [-0.39, 0.29) is 0 Å². The van der Waals surface area contributed by atoms with Crippen molar-refractivity contribution in [3.05, 3.63) is 41.2 Å². The summed E-state index contributed by atoms with van der Waals surface area (Å²) in [4.78, 5) is 0. The number of hydrogen-bond donors (Lipinski definition) is 1. The van der Waals surface area contributed by atoms with Crippen LogP contribution in [0, 0.1) is 6.92 Å². The number of rotatable bonds is 3. The van der Waals surface area contributed by atoms with Gasteiger partial charge in [0.15, 0.2) is 0 Å². The minimum Gasteiger partial charge on any atom is -0.493 e. The topological polar surface area (TPSA) is 60.2 Å². The van der Waals surface area contributed by atoms with Crippen LogP contribution in [-0.2, 0) is 6.54 Å². The summed E-state index contributed by atoms with van der Waals surface area (Å²) in [6, 6.07) is 8.43. The molecule has 2 heterocycles. The molecule has 1 aromatic heterocycles. The third-order valence-electron chi connectivity index (χ3n) is 3.22. The van der Waals surface area contributed by atoms with Crippen LogP contribution < -0.4 is 10.1 Å². The molecule has 5 heteroatoms. The maximum Gasteiger partial charge on any atom is 0.124 e. The minimum atomic E-state index is 0.297. The van der Waals surface area contributed by atoms with Crippen LogP contribution in [0.5, 0.6) is 5.75 Å². The van der Waals surface area contributed by atoms with Crippen molar-refractivity contribution in [2.75, 3.05) is 6.61 Å². The standard InChI is InChI=1S/C13H15N3O2/c1-9-12(16-18-15-9)8-14-11-6-7-17-13-5-3-2-4-10(11)13/h2-5,11,14H,6-8H2,1H3. The molecule has 0 amide bonds. The Balaban J connectivity index is 1.73. The van der Waals surface area contributed by atoms with Crippen LogP contribution in [-0.4, -0.2) is 16.9 Å². The molecule has 0 aliphatic carbocycles. The van der Waals surface area contributed by atoms with Gasteiger partial charge in [0, 0.05) is 24.6 Å². The Bertz CT molecular complexity index is 539. The monoisotopic (exact) mass is 245 g/mol. The number of nitrogens with one attached hydrogen (secondary N) is 1. The molecule has 2 aromatic rings. The number of benzene rings is 1. The van der Waals surface area contributed by atoms with Gasteiger partial charge in [0.05, 0.1) is 6.61 Å². The number of nitrogens with zero attached hydrogens (tertiary/aromatic N) is 2. The van der Waals surface area contributed by atoms with Gasteiger partial charge in [-0.3, -0.25) is 0 Å². The number of para-hydroxylation sites is 1. The highest BCUT2D eigenvalue weighted by Gasteiger charge is 2.21. The molecule has 18 heavy (non-hydrogen) atoms. The Morgan fingerprint density at radius 2 is 2.22 bits per heavy atom. The lowest BCUT2D eigenvalue weighted by Crippen LogP contribution is -2.27. The van der Waals surface area contributed by atoms with Gasteiger partial charge in [-0.1, -0.05) is 28.5 Å². The number of fused-ring (bicyclic) bond motifs is 1. The molecule has 0 radical (unpaired) electrons. The fourth-order valence-electron chi connectivity index (χ4n) is 2.18. The first kappa shape index (κ1) is 11.2. The quantitative estimate of drug-likeness (QED) is 0.896. The summed E-state index contributed by atoms with van der Waals surface area (Å²) in [6.07, 6.45) is 0.960. The molecule has 5 nitrogen and oxygen atoms in total. The lowest BCUT2D eigenvalue weighted by molar-refractivity contribution is 0.250. The Morgan fingerprint density at radius 3 is 3.06 bits per heavy atom. The highest BCUT2D eigenvalue weighted by atomic mass is 16.6. The number of aryl methyl sites for hydroxylation is 1. The minimum absolute atomic E-state index is 0.297. The van der Waals surface area contributed by atoms with Crippen molar-refractivity contribution < 1.29 is 9.37 Å². The highest BCUT2D eigenvalue weighted by molar-refractivity contribution is 5.37. The Morgan fingerprint density at radius 1 is 1.33 bits per heavy atom. The van der Waals surface area contributed by atoms with Gasteiger partial charge in [0.2, 0.25) is 0 Å². The van der Waals surface area contributed by atoms with Gasteiger partial charge < -0.3 is 10.1 Å². The fraction of sp³-hybridized carbons (Fsp3) is 0.385. The summed E-state index contributed by atoms with van der Waals surface area (Å²) in [6.45, 7) is 3.30. The zero-order valence-electron chi connectivity index (χ0n) is 10.2. The Hall–Kier alpha value is -1.88. The molecule has 1 aliphatic heterocycles. The van der Waals surface area contributed by atoms with Crippen LogP contribution in [0.4, 0.5) is 0 Å². The summed E-state index contributed by atoms with van der Waals surface area (Å²) in [7, 11) is 0. The molecular formula is C13H15N3O2. The van der Waals surface area contributed by atoms with Crippen molar-refractivity contribution in [1.82, 2.24) is 15.6 Å². The molecule has 0 saturated carbocycles. The van der Waals surface area contributed by atoms with Crippen LogP contribution in [0.3, 0.4) is 0 Å². The molecule has 1 aliphatic rings. The lowest BCUT2D eigenvalue weighted by Gasteiger charge is -2.26. The summed E-state index contributed by atoms with van der Waals surface area (Å²) < 4.78 is 10.3. The van der Waals surface area contributed by atoms with Crippen molar-refractivity contribution in [2.24, 2.45) is 0 Å². The van der Waals surface area contributed by atoms with Crippen molar-refractivity contribution >= 4 is 0 Å². The van der Waals surface area contributed by atoms with Crippen LogP contribution in [0.1, 0.15) is 29.4 Å². The fourth-order valence-corrected chi connectivity index (χ4v) is 2.18. The van der Waals surface area contributed by atoms with Crippen molar-refractivity contribution in [3.63, 3.8) is 0 Å². The first-order chi connectivity index (χ1) is 8.84. The average molecular weight is 245 g/mol. The van der Waals surface area contributed by atoms with Crippen LogP contribution >= 0.6 is 0 Å². The smallest absolute Gasteiger partial charge is 0.124 e. The van der Waals surface area contributed by atoms with Gasteiger partial charge in [0.1, 0.15) is 17.1 Å². The largest absolute Gasteiger partial charge is 0.493 e. The summed E-state index contributed by atoms with van der Waals surface area (Å²) in [5.41, 5.74) is 2.90. The molecule has 0 fully saturated rings. The van der Waals surface area contributed by atoms with E-state index in [1.54, 1.807) is 0 Å². The molecule has 1 atom stereocenters. The molecule has 3 rings (SSSR count). The van der Waals surface area contributed by atoms with Gasteiger partial charge in [-0.2, -0.15) is 0 Å². The van der Waals surface area contributed by atoms with E-state index in [2.05, 4.69) is 26.3 Å². The third kappa shape index (κ3) is 2.09. The average Bonchev–Trinajstić information content (AvgIpc) is 2.82. The Kier molecular flexibility index (Phi) is 2.98. The molecule has 94 valence electrons. The zero-order valence-corrected chi connectivity index (χ0v) is 10.2. The van der Waals surface area contributed by atoms with E-state index >= 15 is 0 Å². The van der Waals surface area contributed by atoms with E-state index in [9.17, 15) is 0 Å². The highest BCUT2D eigenvalue weighted by Crippen LogP contribution is 2.31. The zero-order chi connectivity index (χ0) is 12.4. The predicted octanol–water partition coefficient (Wildman–Crippen LogP) is 1.99. The molecule has 0 spiro atoms. The van der Waals surface area contributed by atoms with Crippen molar-refractivity contribution in [1.29, 1.82) is 0 Å². The van der Waals surface area contributed by atoms with Crippen molar-refractivity contribution in [3.8, 4) is 5.75 Å². The van der Waals surface area contributed by atoms with E-state index < -0.39 is 0 Å². The molecule has 1 unspecified atom stereocenters. The SMILES string of the molecule is Cc1nonc1CNC1CCOc2ccccc21. The molecule has 0 saturated heterocycles. The van der Waals surface area contributed by atoms with Crippen molar-refractivity contribution in [2.45, 2.75) is 25.9 Å². The predicted molar refractivity (Wildman–Crippen MR) is 65.2 cm³/mol. The first-order valence-corrected chi connectivity index (χ1v) is 6.08. The normalized spacial score (nSPS) is 18.2. The van der Waals surface area contributed by atoms with E-state index in [1.807, 2.05) is 25.1 Å². The second-order valence-corrected chi connectivity index (χ2v) is 4.40. The number of aromatic nitrogens is 2. The van der Waals surface area contributed by atoms with Gasteiger partial charge in [0.25, 0.3) is 0 Å². The molecular weight excluding hydrogens is 230 g/mol. The first-order valence-electron chi connectivity index (χ1n) is 6.08. The van der Waals surface area contributed by atoms with Gasteiger partial charge in [-0.25, -0.2) is 4.63 Å². The van der Waals surface area contributed by atoms with Crippen LogP contribution in [0.15, 0.2) is 28.9 Å². The second-order valence-electron chi connectivity index (χ2n) is 4.40. The molecule has 1 aromatic carbocycles. The maximum atomic E-state index is 5.63. The summed E-state index contributed by atoms with van der Waals surface area (Å²) >= 11 is 0. The van der Waals surface area contributed by atoms with Gasteiger partial charge in [-0.05, 0) is 13.0 Å². The third-order valence-corrected chi connectivity index (χ3v) is 3.22. The van der Waals surface area contributed by atoms with Crippen LogP contribution in [0.2, 0.25) is 0 Å². The molecule has 1 N–H and O–H groups in total. The number of ether oxygens (including phenoxy) is 1. The number of hydrogen-bond acceptors (Lipinski definition) is 5. The summed E-state index contributed by atoms with van der Waals surface area (Å²) in [5, 5.41) is 11.1. The Labute approximate surface area is 105 Å². The van der Waals surface area contributed by atoms with E-state index in [4.69, 9.17) is 4.74 Å². The maximum absolute atomic E-state index is 5.63. The second kappa shape index (κ2) is 4.78.